The molecule has 1 N–H and O–H groups in total. The van der Waals surface area contributed by atoms with Crippen LogP contribution in [0.25, 0.3) is 10.9 Å². The van der Waals surface area contributed by atoms with E-state index in [0.717, 1.165) is 38.4 Å². The summed E-state index contributed by atoms with van der Waals surface area (Å²) >= 11 is 0. The van der Waals surface area contributed by atoms with Crippen molar-refractivity contribution in [1.29, 1.82) is 0 Å². The molecule has 0 aliphatic carbocycles. The van der Waals surface area contributed by atoms with Gasteiger partial charge in [-0.15, -0.1) is 0 Å². The number of benzene rings is 2. The summed E-state index contributed by atoms with van der Waals surface area (Å²) in [5.41, 5.74) is 3.06. The average molecular weight is 364 g/mol. The molecule has 0 atom stereocenters. The summed E-state index contributed by atoms with van der Waals surface area (Å²) in [4.78, 5) is 21.6. The van der Waals surface area contributed by atoms with E-state index >= 15 is 0 Å². The van der Waals surface area contributed by atoms with Gasteiger partial charge >= 0.3 is 0 Å². The van der Waals surface area contributed by atoms with Gasteiger partial charge in [0.25, 0.3) is 5.56 Å². The lowest BCUT2D eigenvalue weighted by Crippen LogP contribution is -2.46. The van der Waals surface area contributed by atoms with Crippen molar-refractivity contribution in [2.45, 2.75) is 13.1 Å². The summed E-state index contributed by atoms with van der Waals surface area (Å²) in [7, 11) is 0. The number of hydrogen-bond donors (Lipinski definition) is 1. The minimum Gasteiger partial charge on any atom is -0.395 e. The predicted molar refractivity (Wildman–Crippen MR) is 107 cm³/mol. The zero-order chi connectivity index (χ0) is 18.6. The van der Waals surface area contributed by atoms with Gasteiger partial charge in [0.1, 0.15) is 0 Å². The molecule has 2 heterocycles. The van der Waals surface area contributed by atoms with Crippen LogP contribution in [0.1, 0.15) is 5.56 Å². The molecule has 6 heteroatoms. The van der Waals surface area contributed by atoms with Crippen LogP contribution in [0.3, 0.4) is 0 Å². The molecule has 0 saturated carbocycles. The first-order valence-corrected chi connectivity index (χ1v) is 9.36. The summed E-state index contributed by atoms with van der Waals surface area (Å²) in [5.74, 6) is 0. The number of aromatic nitrogens is 2. The standard InChI is InChI=1S/C21H24N4O2/c26-13-12-25-16-22-20-14-18(6-7-19(20)21(25)27)24-10-8-23(9-11-24)15-17-4-2-1-3-5-17/h1-7,14,16,26H,8-13,15H2. The van der Waals surface area contributed by atoms with E-state index in [2.05, 4.69) is 39.0 Å². The number of anilines is 1. The minimum atomic E-state index is -0.103. The lowest BCUT2D eigenvalue weighted by atomic mass is 10.1. The van der Waals surface area contributed by atoms with Crippen LogP contribution in [-0.4, -0.2) is 52.3 Å². The fraction of sp³-hybridized carbons (Fsp3) is 0.333. The number of rotatable bonds is 5. The van der Waals surface area contributed by atoms with Gasteiger partial charge in [0.05, 0.1) is 30.4 Å². The van der Waals surface area contributed by atoms with E-state index in [9.17, 15) is 4.79 Å². The molecule has 2 aromatic carbocycles. The summed E-state index contributed by atoms with van der Waals surface area (Å²) in [6, 6.07) is 16.4. The molecule has 140 valence electrons. The molecular weight excluding hydrogens is 340 g/mol. The second-order valence-corrected chi connectivity index (χ2v) is 6.92. The van der Waals surface area contributed by atoms with Crippen molar-refractivity contribution >= 4 is 16.6 Å². The normalized spacial score (nSPS) is 15.4. The highest BCUT2D eigenvalue weighted by Crippen LogP contribution is 2.21. The van der Waals surface area contributed by atoms with Crippen molar-refractivity contribution in [3.63, 3.8) is 0 Å². The molecule has 3 aromatic rings. The number of aliphatic hydroxyl groups excluding tert-OH is 1. The number of nitrogens with zero attached hydrogens (tertiary/aromatic N) is 4. The molecule has 0 amide bonds. The SMILES string of the molecule is O=c1c2ccc(N3CCN(Cc4ccccc4)CC3)cc2ncn1CCO. The molecule has 0 radical (unpaired) electrons. The van der Waals surface area contributed by atoms with Crippen LogP contribution < -0.4 is 10.5 Å². The maximum Gasteiger partial charge on any atom is 0.261 e. The molecule has 6 nitrogen and oxygen atoms in total. The zero-order valence-electron chi connectivity index (χ0n) is 15.3. The first-order valence-electron chi connectivity index (χ1n) is 9.36. The Kier molecular flexibility index (Phi) is 5.18. The molecule has 1 aromatic heterocycles. The van der Waals surface area contributed by atoms with E-state index in [1.54, 1.807) is 0 Å². The second-order valence-electron chi connectivity index (χ2n) is 6.92. The first kappa shape index (κ1) is 17.7. The smallest absolute Gasteiger partial charge is 0.261 e. The van der Waals surface area contributed by atoms with E-state index in [1.165, 1.54) is 16.5 Å². The van der Waals surface area contributed by atoms with Gasteiger partial charge in [-0.25, -0.2) is 4.98 Å². The van der Waals surface area contributed by atoms with E-state index in [1.807, 2.05) is 24.3 Å². The van der Waals surface area contributed by atoms with Crippen LogP contribution in [0.4, 0.5) is 5.69 Å². The molecule has 0 spiro atoms. The Hall–Kier alpha value is -2.70. The van der Waals surface area contributed by atoms with Gasteiger partial charge in [-0.1, -0.05) is 30.3 Å². The third kappa shape index (κ3) is 3.86. The van der Waals surface area contributed by atoms with E-state index in [4.69, 9.17) is 5.11 Å². The molecule has 1 saturated heterocycles. The maximum absolute atomic E-state index is 12.4. The van der Waals surface area contributed by atoms with Gasteiger partial charge in [0.2, 0.25) is 0 Å². The first-order chi connectivity index (χ1) is 13.2. The summed E-state index contributed by atoms with van der Waals surface area (Å²) in [5, 5.41) is 9.64. The molecule has 1 fully saturated rings. The summed E-state index contributed by atoms with van der Waals surface area (Å²) in [6.07, 6.45) is 1.52. The van der Waals surface area contributed by atoms with Crippen molar-refractivity contribution in [1.82, 2.24) is 14.5 Å². The lowest BCUT2D eigenvalue weighted by molar-refractivity contribution is 0.250. The quantitative estimate of drug-likeness (QED) is 0.747. The molecule has 4 rings (SSSR count). The Morgan fingerprint density at radius 3 is 2.52 bits per heavy atom. The monoisotopic (exact) mass is 364 g/mol. The largest absolute Gasteiger partial charge is 0.395 e. The highest BCUT2D eigenvalue weighted by Gasteiger charge is 2.18. The number of fused-ring (bicyclic) bond motifs is 1. The van der Waals surface area contributed by atoms with Gasteiger partial charge in [0.15, 0.2) is 0 Å². The molecule has 27 heavy (non-hydrogen) atoms. The Morgan fingerprint density at radius 1 is 1.00 bits per heavy atom. The van der Waals surface area contributed by atoms with Crippen molar-refractivity contribution < 1.29 is 5.11 Å². The van der Waals surface area contributed by atoms with Gasteiger partial charge < -0.3 is 10.0 Å². The third-order valence-corrected chi connectivity index (χ3v) is 5.14. The predicted octanol–water partition coefficient (Wildman–Crippen LogP) is 1.71. The van der Waals surface area contributed by atoms with Crippen LogP contribution in [-0.2, 0) is 13.1 Å². The molecule has 1 aliphatic rings. The molecular formula is C21H24N4O2. The van der Waals surface area contributed by atoms with Crippen molar-refractivity contribution in [2.24, 2.45) is 0 Å². The molecule has 1 aliphatic heterocycles. The fourth-order valence-electron chi connectivity index (χ4n) is 3.62. The fourth-order valence-corrected chi connectivity index (χ4v) is 3.62. The van der Waals surface area contributed by atoms with Gasteiger partial charge in [-0.3, -0.25) is 14.3 Å². The Balaban J connectivity index is 1.46. The minimum absolute atomic E-state index is 0.0710. The van der Waals surface area contributed by atoms with Crippen LogP contribution >= 0.6 is 0 Å². The number of aliphatic hydroxyl groups is 1. The number of hydrogen-bond acceptors (Lipinski definition) is 5. The third-order valence-electron chi connectivity index (χ3n) is 5.14. The number of piperazine rings is 1. The summed E-state index contributed by atoms with van der Waals surface area (Å²) < 4.78 is 1.45. The van der Waals surface area contributed by atoms with E-state index < -0.39 is 0 Å². The second kappa shape index (κ2) is 7.90. The maximum atomic E-state index is 12.4. The Labute approximate surface area is 158 Å². The summed E-state index contributed by atoms with van der Waals surface area (Å²) in [6.45, 7) is 5.13. The highest BCUT2D eigenvalue weighted by atomic mass is 16.3. The van der Waals surface area contributed by atoms with Crippen LogP contribution in [0.2, 0.25) is 0 Å². The van der Waals surface area contributed by atoms with Gasteiger partial charge in [-0.2, -0.15) is 0 Å². The van der Waals surface area contributed by atoms with Crippen molar-refractivity contribution in [2.75, 3.05) is 37.7 Å². The zero-order valence-corrected chi connectivity index (χ0v) is 15.3. The van der Waals surface area contributed by atoms with Crippen molar-refractivity contribution in [3.8, 4) is 0 Å². The highest BCUT2D eigenvalue weighted by molar-refractivity contribution is 5.81. The topological polar surface area (TPSA) is 61.6 Å². The van der Waals surface area contributed by atoms with Crippen LogP contribution in [0.15, 0.2) is 59.7 Å². The lowest BCUT2D eigenvalue weighted by Gasteiger charge is -2.36. The average Bonchev–Trinajstić information content (AvgIpc) is 2.71. The molecule has 0 bridgehead atoms. The Morgan fingerprint density at radius 2 is 1.78 bits per heavy atom. The Bertz CT molecular complexity index is 963. The molecule has 0 unspecified atom stereocenters. The van der Waals surface area contributed by atoms with E-state index in [-0.39, 0.29) is 18.7 Å². The van der Waals surface area contributed by atoms with Gasteiger partial charge in [-0.05, 0) is 23.8 Å². The van der Waals surface area contributed by atoms with E-state index in [0.29, 0.717) is 10.9 Å². The van der Waals surface area contributed by atoms with Gasteiger partial charge in [0, 0.05) is 38.4 Å². The van der Waals surface area contributed by atoms with Crippen molar-refractivity contribution in [3.05, 3.63) is 70.8 Å². The van der Waals surface area contributed by atoms with Crippen LogP contribution in [0.5, 0.6) is 0 Å². The van der Waals surface area contributed by atoms with Crippen LogP contribution in [0, 0.1) is 0 Å².